The van der Waals surface area contributed by atoms with Gasteiger partial charge in [-0.25, -0.2) is 13.2 Å². The maximum atomic E-state index is 11.3. The number of ether oxygens (including phenoxy) is 1. The first-order valence-electron chi connectivity index (χ1n) is 5.52. The third kappa shape index (κ3) is 5.08. The lowest BCUT2D eigenvalue weighted by Crippen LogP contribution is -2.01. The molecule has 4 nitrogen and oxygen atoms in total. The van der Waals surface area contributed by atoms with Crippen LogP contribution in [0, 0.1) is 0 Å². The molecule has 0 saturated heterocycles. The van der Waals surface area contributed by atoms with E-state index in [1.807, 2.05) is 0 Å². The fraction of sp³-hybridized carbons (Fsp3) is 0.308. The minimum absolute atomic E-state index is 0.304. The molecule has 0 aliphatic carbocycles. The minimum Gasteiger partial charge on any atom is -0.466 e. The smallest absolute Gasteiger partial charge is 0.333 e. The highest BCUT2D eigenvalue weighted by Crippen LogP contribution is 2.20. The van der Waals surface area contributed by atoms with Gasteiger partial charge in [0.05, 0.1) is 12.0 Å². The molecule has 0 aliphatic heterocycles. The van der Waals surface area contributed by atoms with Gasteiger partial charge in [-0.05, 0) is 31.2 Å². The van der Waals surface area contributed by atoms with Crippen molar-refractivity contribution in [3.8, 4) is 0 Å². The molecule has 0 aliphatic rings. The number of hydrogen-bond donors (Lipinski definition) is 0. The van der Waals surface area contributed by atoms with Gasteiger partial charge in [-0.1, -0.05) is 6.08 Å². The molecule has 0 unspecified atom stereocenters. The van der Waals surface area contributed by atoms with Crippen LogP contribution in [0.2, 0.25) is 0 Å². The number of thioether (sulfide) groups is 1. The Morgan fingerprint density at radius 2 is 1.89 bits per heavy atom. The third-order valence-corrected chi connectivity index (χ3v) is 4.47. The zero-order chi connectivity index (χ0) is 14.5. The summed E-state index contributed by atoms with van der Waals surface area (Å²) < 4.78 is 27.2. The van der Waals surface area contributed by atoms with Crippen molar-refractivity contribution in [1.29, 1.82) is 0 Å². The standard InChI is InChI=1S/C13H16O4S2/c1-10(13(14)17-2)8-9-18-11-4-6-12(7-5-11)19(3,15)16/h4-8H,9H2,1-3H3. The summed E-state index contributed by atoms with van der Waals surface area (Å²) in [5.41, 5.74) is 0.558. The van der Waals surface area contributed by atoms with E-state index in [0.29, 0.717) is 16.2 Å². The first kappa shape index (κ1) is 15.8. The predicted molar refractivity (Wildman–Crippen MR) is 76.0 cm³/mol. The lowest BCUT2D eigenvalue weighted by atomic mass is 10.3. The first-order valence-corrected chi connectivity index (χ1v) is 8.40. The van der Waals surface area contributed by atoms with Gasteiger partial charge in [0.15, 0.2) is 9.84 Å². The van der Waals surface area contributed by atoms with Crippen molar-refractivity contribution >= 4 is 27.6 Å². The van der Waals surface area contributed by atoms with E-state index < -0.39 is 9.84 Å². The van der Waals surface area contributed by atoms with Crippen LogP contribution in [0.15, 0.2) is 45.7 Å². The van der Waals surface area contributed by atoms with Crippen LogP contribution in [0.1, 0.15) is 6.92 Å². The van der Waals surface area contributed by atoms with E-state index in [-0.39, 0.29) is 5.97 Å². The normalized spacial score (nSPS) is 12.3. The summed E-state index contributed by atoms with van der Waals surface area (Å²) >= 11 is 1.52. The monoisotopic (exact) mass is 300 g/mol. The van der Waals surface area contributed by atoms with Gasteiger partial charge < -0.3 is 4.74 Å². The SMILES string of the molecule is COC(=O)C(C)=CCSc1ccc(S(C)(=O)=O)cc1. The number of hydrogen-bond acceptors (Lipinski definition) is 5. The maximum Gasteiger partial charge on any atom is 0.333 e. The second-order valence-corrected chi connectivity index (χ2v) is 7.04. The van der Waals surface area contributed by atoms with Crippen LogP contribution in [0.4, 0.5) is 0 Å². The molecule has 1 aromatic carbocycles. The molecule has 19 heavy (non-hydrogen) atoms. The van der Waals surface area contributed by atoms with Gasteiger partial charge in [-0.3, -0.25) is 0 Å². The van der Waals surface area contributed by atoms with Crippen molar-refractivity contribution in [2.75, 3.05) is 19.1 Å². The van der Waals surface area contributed by atoms with E-state index in [2.05, 4.69) is 4.74 Å². The van der Waals surface area contributed by atoms with Crippen molar-refractivity contribution in [2.45, 2.75) is 16.7 Å². The summed E-state index contributed by atoms with van der Waals surface area (Å²) in [7, 11) is -1.81. The average Bonchev–Trinajstić information content (AvgIpc) is 2.37. The summed E-state index contributed by atoms with van der Waals surface area (Å²) in [6.45, 7) is 1.69. The number of carbonyl (C=O) groups excluding carboxylic acids is 1. The van der Waals surface area contributed by atoms with Gasteiger partial charge in [0.25, 0.3) is 0 Å². The van der Waals surface area contributed by atoms with Gasteiger partial charge in [0, 0.05) is 22.5 Å². The Morgan fingerprint density at radius 1 is 1.32 bits per heavy atom. The molecule has 0 spiro atoms. The molecular weight excluding hydrogens is 284 g/mol. The van der Waals surface area contributed by atoms with Gasteiger partial charge in [0.1, 0.15) is 0 Å². The number of esters is 1. The fourth-order valence-electron chi connectivity index (χ4n) is 1.29. The number of methoxy groups -OCH3 is 1. The lowest BCUT2D eigenvalue weighted by molar-refractivity contribution is -0.136. The number of benzene rings is 1. The summed E-state index contributed by atoms with van der Waals surface area (Å²) in [6.07, 6.45) is 2.96. The van der Waals surface area contributed by atoms with Gasteiger partial charge in [-0.2, -0.15) is 0 Å². The molecule has 0 amide bonds. The van der Waals surface area contributed by atoms with E-state index >= 15 is 0 Å². The highest BCUT2D eigenvalue weighted by molar-refractivity contribution is 7.99. The molecule has 0 radical (unpaired) electrons. The molecule has 0 fully saturated rings. The summed E-state index contributed by atoms with van der Waals surface area (Å²) in [5.74, 6) is 0.284. The maximum absolute atomic E-state index is 11.3. The van der Waals surface area contributed by atoms with Crippen molar-refractivity contribution in [2.24, 2.45) is 0 Å². The molecule has 0 atom stereocenters. The van der Waals surface area contributed by atoms with E-state index in [1.165, 1.54) is 25.1 Å². The van der Waals surface area contributed by atoms with Crippen LogP contribution < -0.4 is 0 Å². The van der Waals surface area contributed by atoms with Crippen molar-refractivity contribution in [3.63, 3.8) is 0 Å². The van der Waals surface area contributed by atoms with E-state index in [1.54, 1.807) is 37.3 Å². The zero-order valence-electron chi connectivity index (χ0n) is 11.0. The Kier molecular flexibility index (Phi) is 5.62. The highest BCUT2D eigenvalue weighted by atomic mass is 32.2. The second-order valence-electron chi connectivity index (χ2n) is 3.93. The highest BCUT2D eigenvalue weighted by Gasteiger charge is 2.06. The number of carbonyl (C=O) groups is 1. The molecule has 104 valence electrons. The molecule has 0 bridgehead atoms. The quantitative estimate of drug-likeness (QED) is 0.474. The van der Waals surface area contributed by atoms with Crippen LogP contribution in [-0.4, -0.2) is 33.5 Å². The summed E-state index contributed by atoms with van der Waals surface area (Å²) in [4.78, 5) is 12.4. The average molecular weight is 300 g/mol. The Morgan fingerprint density at radius 3 is 2.37 bits per heavy atom. The van der Waals surface area contributed by atoms with Crippen LogP contribution in [0.25, 0.3) is 0 Å². The van der Waals surface area contributed by atoms with E-state index in [9.17, 15) is 13.2 Å². The Balaban J connectivity index is 2.63. The zero-order valence-corrected chi connectivity index (χ0v) is 12.7. The lowest BCUT2D eigenvalue weighted by Gasteiger charge is -2.02. The molecule has 0 saturated carbocycles. The Labute approximate surface area is 117 Å². The second kappa shape index (κ2) is 6.77. The molecule has 6 heteroatoms. The van der Waals surface area contributed by atoms with Crippen LogP contribution in [0.3, 0.4) is 0 Å². The molecule has 0 N–H and O–H groups in total. The number of rotatable bonds is 5. The molecule has 0 aromatic heterocycles. The van der Waals surface area contributed by atoms with Crippen LogP contribution >= 0.6 is 11.8 Å². The minimum atomic E-state index is -3.15. The van der Waals surface area contributed by atoms with Crippen LogP contribution in [-0.2, 0) is 19.4 Å². The largest absolute Gasteiger partial charge is 0.466 e. The first-order chi connectivity index (χ1) is 8.84. The molecule has 1 aromatic rings. The predicted octanol–water partition coefficient (Wildman–Crippen LogP) is 2.30. The van der Waals surface area contributed by atoms with Gasteiger partial charge in [0.2, 0.25) is 0 Å². The molecular formula is C13H16O4S2. The topological polar surface area (TPSA) is 60.4 Å². The third-order valence-electron chi connectivity index (χ3n) is 2.40. The Bertz CT molecular complexity index is 571. The molecule has 0 heterocycles. The van der Waals surface area contributed by atoms with Crippen LogP contribution in [0.5, 0.6) is 0 Å². The summed E-state index contributed by atoms with van der Waals surface area (Å²) in [5, 5.41) is 0. The fourth-order valence-corrected chi connectivity index (χ4v) is 2.78. The Hall–Kier alpha value is -1.27. The van der Waals surface area contributed by atoms with Crippen molar-refractivity contribution in [1.82, 2.24) is 0 Å². The summed E-state index contributed by atoms with van der Waals surface area (Å²) in [6, 6.07) is 6.66. The van der Waals surface area contributed by atoms with E-state index in [0.717, 1.165) is 4.90 Å². The van der Waals surface area contributed by atoms with E-state index in [4.69, 9.17) is 0 Å². The van der Waals surface area contributed by atoms with Crippen molar-refractivity contribution in [3.05, 3.63) is 35.9 Å². The van der Waals surface area contributed by atoms with Gasteiger partial charge >= 0.3 is 5.97 Å². The van der Waals surface area contributed by atoms with Gasteiger partial charge in [-0.15, -0.1) is 11.8 Å². The number of sulfone groups is 1. The molecule has 1 rings (SSSR count). The van der Waals surface area contributed by atoms with Crippen molar-refractivity contribution < 1.29 is 17.9 Å².